The van der Waals surface area contributed by atoms with E-state index in [1.165, 1.54) is 66.0 Å². The lowest BCUT2D eigenvalue weighted by atomic mass is 9.79. The Morgan fingerprint density at radius 2 is 0.676 bits per heavy atom. The lowest BCUT2D eigenvalue weighted by molar-refractivity contribution is 0.568. The summed E-state index contributed by atoms with van der Waals surface area (Å²) in [6.07, 6.45) is 0. The molecule has 0 fully saturated rings. The molecule has 0 aliphatic rings. The molecular weight excluding hydrogens is 899 g/mol. The van der Waals surface area contributed by atoms with Crippen LogP contribution in [0.2, 0.25) is 0 Å². The summed E-state index contributed by atoms with van der Waals surface area (Å²) in [5.41, 5.74) is 18.7. The van der Waals surface area contributed by atoms with E-state index < -0.39 is 0 Å². The summed E-state index contributed by atoms with van der Waals surface area (Å²) >= 11 is 0. The molecule has 3 heterocycles. The van der Waals surface area contributed by atoms with Crippen molar-refractivity contribution in [3.63, 3.8) is 0 Å². The van der Waals surface area contributed by atoms with E-state index in [9.17, 15) is 0 Å². The summed E-state index contributed by atoms with van der Waals surface area (Å²) in [5, 5.41) is 4.89. The van der Waals surface area contributed by atoms with Crippen molar-refractivity contribution in [1.29, 1.82) is 0 Å². The van der Waals surface area contributed by atoms with Gasteiger partial charge in [0, 0.05) is 43.8 Å². The molecular formula is C69H69N5. The van der Waals surface area contributed by atoms with Gasteiger partial charge < -0.3 is 9.13 Å². The minimum absolute atomic E-state index is 0.115. The van der Waals surface area contributed by atoms with Crippen LogP contribution in [-0.2, 0) is 21.7 Å². The Morgan fingerprint density at radius 1 is 0.297 bits per heavy atom. The van der Waals surface area contributed by atoms with E-state index in [4.69, 9.17) is 15.0 Å². The van der Waals surface area contributed by atoms with Gasteiger partial charge in [0.15, 0.2) is 17.5 Å². The number of hydrogen-bond donors (Lipinski definition) is 0. The molecule has 0 spiro atoms. The highest BCUT2D eigenvalue weighted by molar-refractivity contribution is 6.11. The van der Waals surface area contributed by atoms with Gasteiger partial charge in [0.05, 0.1) is 33.4 Å². The number of rotatable bonds is 6. The SMILES string of the molecule is Cc1ccc2c(c1)c1cc(C)ccc1n2-c1ccc(-c2ccccc2-n2c3ccccc3c3ccccc32)cc1-c1nc(-c2cc(C(C)(C)C)cc(C(C)(C)C)c2)nc(-c2cc(C(C)(C)C)cc(C(C)(C)C)c2)n1. The van der Waals surface area contributed by atoms with Gasteiger partial charge in [-0.1, -0.05) is 179 Å². The minimum atomic E-state index is -0.115. The monoisotopic (exact) mass is 968 g/mol. The maximum atomic E-state index is 5.70. The Labute approximate surface area is 438 Å². The Hall–Kier alpha value is -7.63. The van der Waals surface area contributed by atoms with Gasteiger partial charge in [-0.2, -0.15) is 0 Å². The molecule has 0 aliphatic heterocycles. The molecule has 8 aromatic carbocycles. The molecule has 11 aromatic rings. The van der Waals surface area contributed by atoms with Crippen molar-refractivity contribution in [2.24, 2.45) is 0 Å². The van der Waals surface area contributed by atoms with Crippen LogP contribution in [0, 0.1) is 13.8 Å². The summed E-state index contributed by atoms with van der Waals surface area (Å²) in [4.78, 5) is 16.9. The highest BCUT2D eigenvalue weighted by Crippen LogP contribution is 2.43. The summed E-state index contributed by atoms with van der Waals surface area (Å²) in [6.45, 7) is 31.8. The Morgan fingerprint density at radius 3 is 1.12 bits per heavy atom. The third-order valence-corrected chi connectivity index (χ3v) is 15.1. The topological polar surface area (TPSA) is 48.5 Å². The van der Waals surface area contributed by atoms with Gasteiger partial charge in [0.1, 0.15) is 0 Å². The molecule has 3 aromatic heterocycles. The Balaban J connectivity index is 1.26. The van der Waals surface area contributed by atoms with Crippen molar-refractivity contribution < 1.29 is 0 Å². The van der Waals surface area contributed by atoms with Crippen LogP contribution < -0.4 is 0 Å². The molecule has 0 aliphatic carbocycles. The molecule has 0 atom stereocenters. The molecule has 74 heavy (non-hydrogen) atoms. The van der Waals surface area contributed by atoms with Crippen molar-refractivity contribution >= 4 is 43.6 Å². The molecule has 0 saturated carbocycles. The first-order valence-electron chi connectivity index (χ1n) is 26.3. The zero-order valence-corrected chi connectivity index (χ0v) is 45.8. The summed E-state index contributed by atoms with van der Waals surface area (Å²) in [6, 6.07) is 60.9. The van der Waals surface area contributed by atoms with E-state index in [1.54, 1.807) is 0 Å². The third kappa shape index (κ3) is 8.70. The second kappa shape index (κ2) is 17.5. The molecule has 5 nitrogen and oxygen atoms in total. The van der Waals surface area contributed by atoms with Gasteiger partial charge in [-0.15, -0.1) is 0 Å². The van der Waals surface area contributed by atoms with Crippen molar-refractivity contribution in [3.05, 3.63) is 197 Å². The fourth-order valence-electron chi connectivity index (χ4n) is 10.7. The van der Waals surface area contributed by atoms with Gasteiger partial charge in [0.2, 0.25) is 0 Å². The van der Waals surface area contributed by atoms with Crippen molar-refractivity contribution in [3.8, 4) is 56.7 Å². The van der Waals surface area contributed by atoms with E-state index in [1.807, 2.05) is 0 Å². The average molecular weight is 968 g/mol. The summed E-state index contributed by atoms with van der Waals surface area (Å²) < 4.78 is 4.86. The fourth-order valence-corrected chi connectivity index (χ4v) is 10.7. The number of fused-ring (bicyclic) bond motifs is 6. The van der Waals surface area contributed by atoms with Crippen LogP contribution in [0.25, 0.3) is 100 Å². The van der Waals surface area contributed by atoms with Gasteiger partial charge >= 0.3 is 0 Å². The Bertz CT molecular complexity index is 3750. The van der Waals surface area contributed by atoms with Crippen LogP contribution in [0.15, 0.2) is 164 Å². The molecule has 0 amide bonds. The lowest BCUT2D eigenvalue weighted by Gasteiger charge is -2.26. The maximum Gasteiger partial charge on any atom is 0.166 e. The van der Waals surface area contributed by atoms with Crippen LogP contribution in [0.5, 0.6) is 0 Å². The van der Waals surface area contributed by atoms with E-state index in [-0.39, 0.29) is 21.7 Å². The molecule has 11 rings (SSSR count). The number of hydrogen-bond acceptors (Lipinski definition) is 3. The Kier molecular flexibility index (Phi) is 11.5. The first-order valence-corrected chi connectivity index (χ1v) is 26.3. The first-order chi connectivity index (χ1) is 35.0. The number of para-hydroxylation sites is 3. The number of aromatic nitrogens is 5. The second-order valence-corrected chi connectivity index (χ2v) is 24.9. The van der Waals surface area contributed by atoms with Gasteiger partial charge in [-0.25, -0.2) is 15.0 Å². The summed E-state index contributed by atoms with van der Waals surface area (Å²) in [7, 11) is 0. The van der Waals surface area contributed by atoms with Crippen LogP contribution >= 0.6 is 0 Å². The predicted octanol–water partition coefficient (Wildman–Crippen LogP) is 18.5. The molecule has 5 heteroatoms. The smallest absolute Gasteiger partial charge is 0.166 e. The molecule has 0 unspecified atom stereocenters. The minimum Gasteiger partial charge on any atom is -0.309 e. The molecule has 0 radical (unpaired) electrons. The number of nitrogens with zero attached hydrogens (tertiary/aromatic N) is 5. The van der Waals surface area contributed by atoms with Crippen LogP contribution in [-0.4, -0.2) is 24.1 Å². The van der Waals surface area contributed by atoms with Crippen molar-refractivity contribution in [1.82, 2.24) is 24.1 Å². The molecule has 0 N–H and O–H groups in total. The standard InChI is InChI=1S/C69H69N5/c1-42-27-30-60-54(33-42)55-34-43(2)28-31-61(55)74(60)62-32-29-44(51-21-15-18-24-57(51)73-58-25-19-16-22-52(58)53-23-17-20-26-59(53)73)39-56(62)65-71-63(45-35-47(66(3,4)5)40-48(36-45)67(6,7)8)70-64(72-65)46-37-49(68(9,10)11)41-50(38-46)69(12,13)14/h15-41H,1-14H3. The highest BCUT2D eigenvalue weighted by atomic mass is 15.1. The third-order valence-electron chi connectivity index (χ3n) is 15.1. The lowest BCUT2D eigenvalue weighted by Crippen LogP contribution is -2.17. The van der Waals surface area contributed by atoms with E-state index in [0.717, 1.165) is 50.2 Å². The highest BCUT2D eigenvalue weighted by Gasteiger charge is 2.27. The van der Waals surface area contributed by atoms with Crippen LogP contribution in [0.3, 0.4) is 0 Å². The normalized spacial score (nSPS) is 12.7. The van der Waals surface area contributed by atoms with Crippen LogP contribution in [0.1, 0.15) is 116 Å². The predicted molar refractivity (Wildman–Crippen MR) is 315 cm³/mol. The van der Waals surface area contributed by atoms with Gasteiger partial charge in [-0.3, -0.25) is 0 Å². The van der Waals surface area contributed by atoms with E-state index in [2.05, 4.69) is 270 Å². The van der Waals surface area contributed by atoms with Crippen molar-refractivity contribution in [2.75, 3.05) is 0 Å². The summed E-state index contributed by atoms with van der Waals surface area (Å²) in [5.74, 6) is 1.91. The maximum absolute atomic E-state index is 5.70. The number of benzene rings is 8. The number of aryl methyl sites for hydroxylation is 2. The molecule has 0 saturated heterocycles. The zero-order chi connectivity index (χ0) is 52.2. The zero-order valence-electron chi connectivity index (χ0n) is 45.8. The van der Waals surface area contributed by atoms with Crippen molar-refractivity contribution in [2.45, 2.75) is 119 Å². The molecule has 0 bridgehead atoms. The van der Waals surface area contributed by atoms with Gasteiger partial charge in [-0.05, 0) is 142 Å². The van der Waals surface area contributed by atoms with E-state index in [0.29, 0.717) is 17.5 Å². The van der Waals surface area contributed by atoms with Gasteiger partial charge in [0.25, 0.3) is 0 Å². The molecule has 370 valence electrons. The second-order valence-electron chi connectivity index (χ2n) is 24.9. The first kappa shape index (κ1) is 48.6. The van der Waals surface area contributed by atoms with Crippen LogP contribution in [0.4, 0.5) is 0 Å². The quantitative estimate of drug-likeness (QED) is 0.167. The average Bonchev–Trinajstić information content (AvgIpc) is 3.87. The fraction of sp³-hybridized carbons (Fsp3) is 0.261. The van der Waals surface area contributed by atoms with E-state index >= 15 is 0 Å². The largest absolute Gasteiger partial charge is 0.309 e.